The van der Waals surface area contributed by atoms with Gasteiger partial charge >= 0.3 is 6.03 Å². The van der Waals surface area contributed by atoms with Crippen LogP contribution in [-0.2, 0) is 4.79 Å². The van der Waals surface area contributed by atoms with Crippen LogP contribution in [0.3, 0.4) is 0 Å². The van der Waals surface area contributed by atoms with Crippen molar-refractivity contribution in [2.75, 3.05) is 18.5 Å². The van der Waals surface area contributed by atoms with Gasteiger partial charge in [0.15, 0.2) is 12.2 Å². The van der Waals surface area contributed by atoms with Crippen molar-refractivity contribution in [1.29, 1.82) is 0 Å². The predicted octanol–water partition coefficient (Wildman–Crippen LogP) is 2.86. The maximum atomic E-state index is 13.1. The van der Waals surface area contributed by atoms with Gasteiger partial charge in [-0.15, -0.1) is 0 Å². The lowest BCUT2D eigenvalue weighted by molar-refractivity contribution is -0.136. The first kappa shape index (κ1) is 17.6. The van der Waals surface area contributed by atoms with Crippen molar-refractivity contribution in [3.05, 3.63) is 53.3 Å². The number of hydrogen-bond donors (Lipinski definition) is 0. The standard InChI is InChI=1S/C19H20ClN5O2/c1-4-5-10-23-17(26)15-16(22(3)19(23)27)21-18-24(15)11-12(2)25(18)14-9-7-6-8-13(14)20/h4-9,11,15-16H,10H2,1-3H3/b5-4+. The molecule has 0 aliphatic carbocycles. The minimum absolute atomic E-state index is 0.245. The van der Waals surface area contributed by atoms with Crippen molar-refractivity contribution < 1.29 is 9.59 Å². The van der Waals surface area contributed by atoms with Crippen molar-refractivity contribution in [3.63, 3.8) is 0 Å². The molecule has 3 heterocycles. The molecule has 3 aliphatic rings. The monoisotopic (exact) mass is 385 g/mol. The van der Waals surface area contributed by atoms with E-state index in [1.165, 1.54) is 9.80 Å². The van der Waals surface area contributed by atoms with Crippen LogP contribution in [0.1, 0.15) is 13.8 Å². The highest BCUT2D eigenvalue weighted by molar-refractivity contribution is 6.34. The minimum Gasteiger partial charge on any atom is -0.302 e. The van der Waals surface area contributed by atoms with Gasteiger partial charge in [0.1, 0.15) is 0 Å². The number of halogens is 1. The Balaban J connectivity index is 1.73. The fraction of sp³-hybridized carbons (Fsp3) is 0.316. The average Bonchev–Trinajstić information content (AvgIpc) is 3.15. The highest BCUT2D eigenvalue weighted by atomic mass is 35.5. The first-order chi connectivity index (χ1) is 13.0. The van der Waals surface area contributed by atoms with Gasteiger partial charge in [-0.05, 0) is 26.0 Å². The molecule has 140 valence electrons. The number of imide groups is 1. The molecule has 4 rings (SSSR count). The number of amides is 3. The van der Waals surface area contributed by atoms with E-state index in [0.717, 1.165) is 11.4 Å². The molecule has 7 nitrogen and oxygen atoms in total. The Labute approximate surface area is 162 Å². The summed E-state index contributed by atoms with van der Waals surface area (Å²) in [4.78, 5) is 37.0. The third-order valence-corrected chi connectivity index (χ3v) is 5.32. The van der Waals surface area contributed by atoms with E-state index in [-0.39, 0.29) is 18.5 Å². The summed E-state index contributed by atoms with van der Waals surface area (Å²) in [5.41, 5.74) is 1.70. The Bertz CT molecular complexity index is 909. The molecule has 2 unspecified atom stereocenters. The summed E-state index contributed by atoms with van der Waals surface area (Å²) in [7, 11) is 1.68. The number of likely N-dealkylation sites (N-methyl/N-ethyl adjacent to an activating group) is 1. The van der Waals surface area contributed by atoms with E-state index in [9.17, 15) is 9.59 Å². The van der Waals surface area contributed by atoms with Gasteiger partial charge in [-0.2, -0.15) is 0 Å². The van der Waals surface area contributed by atoms with Crippen molar-refractivity contribution in [2.24, 2.45) is 4.99 Å². The Morgan fingerprint density at radius 3 is 2.70 bits per heavy atom. The van der Waals surface area contributed by atoms with Crippen LogP contribution in [-0.4, -0.2) is 58.4 Å². The first-order valence-corrected chi connectivity index (χ1v) is 9.12. The number of carbonyl (C=O) groups excluding carboxylic acids is 2. The van der Waals surface area contributed by atoms with Crippen LogP contribution in [0.5, 0.6) is 0 Å². The van der Waals surface area contributed by atoms with Crippen LogP contribution >= 0.6 is 11.6 Å². The van der Waals surface area contributed by atoms with E-state index in [0.29, 0.717) is 11.0 Å². The number of anilines is 1. The normalized spacial score (nSPS) is 24.6. The summed E-state index contributed by atoms with van der Waals surface area (Å²) in [6.45, 7) is 4.05. The molecule has 0 radical (unpaired) electrons. The molecule has 2 atom stereocenters. The van der Waals surface area contributed by atoms with Crippen molar-refractivity contribution >= 4 is 35.2 Å². The second kappa shape index (κ2) is 6.42. The lowest BCUT2D eigenvalue weighted by Gasteiger charge is -2.39. The minimum atomic E-state index is -0.574. The molecule has 1 fully saturated rings. The summed E-state index contributed by atoms with van der Waals surface area (Å²) in [5.74, 6) is 0.362. The van der Waals surface area contributed by atoms with Gasteiger partial charge in [0.2, 0.25) is 5.96 Å². The van der Waals surface area contributed by atoms with E-state index in [2.05, 4.69) is 0 Å². The van der Waals surface area contributed by atoms with Gasteiger partial charge < -0.3 is 9.80 Å². The second-order valence-corrected chi connectivity index (χ2v) is 7.07. The smallest absolute Gasteiger partial charge is 0.302 e. The summed E-state index contributed by atoms with van der Waals surface area (Å²) in [5, 5.41) is 0.593. The molecule has 0 spiro atoms. The van der Waals surface area contributed by atoms with Gasteiger partial charge in [-0.3, -0.25) is 14.6 Å². The number of aliphatic imine (C=N–C) groups is 1. The topological polar surface area (TPSA) is 59.5 Å². The molecular formula is C19H20ClN5O2. The lowest BCUT2D eigenvalue weighted by atomic mass is 10.1. The summed E-state index contributed by atoms with van der Waals surface area (Å²) < 4.78 is 0. The van der Waals surface area contributed by atoms with E-state index >= 15 is 0 Å². The fourth-order valence-corrected chi connectivity index (χ4v) is 3.88. The molecule has 0 bridgehead atoms. The summed E-state index contributed by atoms with van der Waals surface area (Å²) in [6.07, 6.45) is 4.95. The first-order valence-electron chi connectivity index (χ1n) is 8.74. The van der Waals surface area contributed by atoms with Crippen LogP contribution in [0.2, 0.25) is 5.02 Å². The zero-order chi connectivity index (χ0) is 19.3. The number of guanidine groups is 1. The molecule has 0 aromatic heterocycles. The fourth-order valence-electron chi connectivity index (χ4n) is 3.66. The zero-order valence-electron chi connectivity index (χ0n) is 15.3. The summed E-state index contributed by atoms with van der Waals surface area (Å²) in [6, 6.07) is 6.58. The van der Waals surface area contributed by atoms with Gasteiger partial charge in [-0.25, -0.2) is 9.79 Å². The maximum Gasteiger partial charge on any atom is 0.328 e. The van der Waals surface area contributed by atoms with Gasteiger partial charge in [0.25, 0.3) is 5.91 Å². The number of benzene rings is 1. The van der Waals surface area contributed by atoms with Crippen molar-refractivity contribution in [3.8, 4) is 0 Å². The zero-order valence-corrected chi connectivity index (χ0v) is 16.1. The molecule has 3 amide bonds. The van der Waals surface area contributed by atoms with E-state index in [4.69, 9.17) is 16.6 Å². The second-order valence-electron chi connectivity index (χ2n) is 6.66. The van der Waals surface area contributed by atoms with Crippen molar-refractivity contribution in [1.82, 2.24) is 14.7 Å². The third-order valence-electron chi connectivity index (χ3n) is 5.00. The number of allylic oxidation sites excluding steroid dienone is 2. The van der Waals surface area contributed by atoms with Crippen LogP contribution < -0.4 is 4.90 Å². The van der Waals surface area contributed by atoms with Crippen LogP contribution in [0, 0.1) is 0 Å². The highest BCUT2D eigenvalue weighted by Gasteiger charge is 2.54. The molecule has 3 aliphatic heterocycles. The van der Waals surface area contributed by atoms with Gasteiger partial charge in [0.05, 0.1) is 10.7 Å². The number of rotatable bonds is 3. The maximum absolute atomic E-state index is 13.1. The number of para-hydroxylation sites is 1. The predicted molar refractivity (Wildman–Crippen MR) is 104 cm³/mol. The number of carbonyl (C=O) groups is 2. The number of nitrogens with zero attached hydrogens (tertiary/aromatic N) is 5. The molecule has 0 saturated carbocycles. The van der Waals surface area contributed by atoms with E-state index in [1.54, 1.807) is 13.1 Å². The summed E-state index contributed by atoms with van der Waals surface area (Å²) >= 11 is 6.38. The number of urea groups is 1. The van der Waals surface area contributed by atoms with E-state index < -0.39 is 12.2 Å². The molecule has 1 aromatic carbocycles. The van der Waals surface area contributed by atoms with Crippen LogP contribution in [0.15, 0.2) is 53.3 Å². The SMILES string of the molecule is C/C=C/CN1C(=O)C2C(N=C3N(c4ccccc4Cl)C(C)=CN32)N(C)C1=O. The Kier molecular flexibility index (Phi) is 4.19. The van der Waals surface area contributed by atoms with Gasteiger partial charge in [-0.1, -0.05) is 35.9 Å². The average molecular weight is 386 g/mol. The Morgan fingerprint density at radius 1 is 1.26 bits per heavy atom. The van der Waals surface area contributed by atoms with Gasteiger partial charge in [0, 0.05) is 25.5 Å². The number of fused-ring (bicyclic) bond motifs is 3. The quantitative estimate of drug-likeness (QED) is 0.751. The molecular weight excluding hydrogens is 366 g/mol. The van der Waals surface area contributed by atoms with E-state index in [1.807, 2.05) is 60.2 Å². The molecule has 1 saturated heterocycles. The molecule has 0 N–H and O–H groups in total. The van der Waals surface area contributed by atoms with Crippen LogP contribution in [0.25, 0.3) is 0 Å². The molecule has 1 aromatic rings. The largest absolute Gasteiger partial charge is 0.328 e. The Hall–Kier alpha value is -2.80. The highest BCUT2D eigenvalue weighted by Crippen LogP contribution is 2.38. The molecule has 8 heteroatoms. The lowest BCUT2D eigenvalue weighted by Crippen LogP contribution is -2.64. The Morgan fingerprint density at radius 2 is 2.00 bits per heavy atom. The molecule has 27 heavy (non-hydrogen) atoms. The van der Waals surface area contributed by atoms with Crippen molar-refractivity contribution in [2.45, 2.75) is 26.1 Å². The number of hydrogen-bond acceptors (Lipinski definition) is 5. The third kappa shape index (κ3) is 2.53. The van der Waals surface area contributed by atoms with Crippen LogP contribution in [0.4, 0.5) is 10.5 Å².